The first-order chi connectivity index (χ1) is 18.5. The fraction of sp³-hybridized carbons (Fsp3) is 0.933. The summed E-state index contributed by atoms with van der Waals surface area (Å²) in [5, 5.41) is 13.9. The Hall–Kier alpha value is -1.26. The molecule has 1 heterocycles. The van der Waals surface area contributed by atoms with Gasteiger partial charge in [0.2, 0.25) is 5.91 Å². The number of likely N-dealkylation sites (N-methyl/N-ethyl adjacent to an activating group) is 1. The van der Waals surface area contributed by atoms with Gasteiger partial charge in [-0.15, -0.1) is 0 Å². The standard InChI is InChI=1S/C30H57N5O4/c1-21(2)20-35(6)15-16-38-26-13-11-25(12-14-26)34-29-32-17-24(18-33-29)22-7-9-23(10-8-22)28(37)31-19-27(36)39-30(3,4)5/h21-26,29,32-34H,7-20H2,1-6H3,(H,31,37). The van der Waals surface area contributed by atoms with Gasteiger partial charge in [0.25, 0.3) is 0 Å². The second kappa shape index (κ2) is 15.7. The molecule has 0 bridgehead atoms. The van der Waals surface area contributed by atoms with Gasteiger partial charge in [-0.1, -0.05) is 13.8 Å². The van der Waals surface area contributed by atoms with Gasteiger partial charge in [0.1, 0.15) is 18.4 Å². The van der Waals surface area contributed by atoms with E-state index in [0.29, 0.717) is 29.9 Å². The van der Waals surface area contributed by atoms with Crippen molar-refractivity contribution in [1.82, 2.24) is 26.2 Å². The molecule has 0 spiro atoms. The Morgan fingerprint density at radius 1 is 0.949 bits per heavy atom. The van der Waals surface area contributed by atoms with E-state index in [1.807, 2.05) is 20.8 Å². The van der Waals surface area contributed by atoms with E-state index in [-0.39, 0.29) is 30.6 Å². The third-order valence-corrected chi connectivity index (χ3v) is 8.38. The first-order valence-electron chi connectivity index (χ1n) is 15.5. The Labute approximate surface area is 237 Å². The third-order valence-electron chi connectivity index (χ3n) is 8.38. The van der Waals surface area contributed by atoms with Gasteiger partial charge in [-0.25, -0.2) is 0 Å². The molecular weight excluding hydrogens is 494 g/mol. The number of rotatable bonds is 12. The number of esters is 1. The molecular formula is C30H57N5O4. The minimum atomic E-state index is -0.533. The van der Waals surface area contributed by atoms with Gasteiger partial charge < -0.3 is 19.7 Å². The van der Waals surface area contributed by atoms with Gasteiger partial charge in [0.05, 0.1) is 12.7 Å². The molecule has 226 valence electrons. The van der Waals surface area contributed by atoms with Crippen molar-refractivity contribution >= 4 is 11.9 Å². The molecule has 0 radical (unpaired) electrons. The SMILES string of the molecule is CC(C)CN(C)CCOC1CCC(NC2NCC(C3CCC(C(=O)NCC(=O)OC(C)(C)C)CC3)CN2)CC1. The van der Waals surface area contributed by atoms with Crippen molar-refractivity contribution in [2.24, 2.45) is 23.7 Å². The molecule has 1 amide bonds. The highest BCUT2D eigenvalue weighted by Crippen LogP contribution is 2.34. The van der Waals surface area contributed by atoms with E-state index < -0.39 is 5.60 Å². The maximum absolute atomic E-state index is 12.6. The third kappa shape index (κ3) is 12.0. The summed E-state index contributed by atoms with van der Waals surface area (Å²) in [6.45, 7) is 14.9. The van der Waals surface area contributed by atoms with Crippen LogP contribution in [0.1, 0.15) is 86.0 Å². The fourth-order valence-electron chi connectivity index (χ4n) is 6.39. The van der Waals surface area contributed by atoms with E-state index in [0.717, 1.165) is 84.2 Å². The number of carbonyl (C=O) groups excluding carboxylic acids is 2. The zero-order valence-electron chi connectivity index (χ0n) is 25.5. The predicted molar refractivity (Wildman–Crippen MR) is 155 cm³/mol. The Balaban J connectivity index is 1.25. The Morgan fingerprint density at radius 2 is 1.59 bits per heavy atom. The van der Waals surface area contributed by atoms with E-state index in [4.69, 9.17) is 9.47 Å². The van der Waals surface area contributed by atoms with Crippen LogP contribution in [0.3, 0.4) is 0 Å². The summed E-state index contributed by atoms with van der Waals surface area (Å²) in [4.78, 5) is 26.8. The quantitative estimate of drug-likeness (QED) is 0.275. The number of hydrogen-bond donors (Lipinski definition) is 4. The molecule has 3 aliphatic rings. The molecule has 0 unspecified atom stereocenters. The molecule has 4 N–H and O–H groups in total. The zero-order chi connectivity index (χ0) is 28.4. The lowest BCUT2D eigenvalue weighted by molar-refractivity contribution is -0.154. The summed E-state index contributed by atoms with van der Waals surface area (Å²) in [5.41, 5.74) is -0.533. The van der Waals surface area contributed by atoms with Crippen LogP contribution in [0.5, 0.6) is 0 Å². The number of nitrogens with one attached hydrogen (secondary N) is 4. The van der Waals surface area contributed by atoms with Crippen molar-refractivity contribution in [2.45, 2.75) is 110 Å². The topological polar surface area (TPSA) is 104 Å². The van der Waals surface area contributed by atoms with Gasteiger partial charge in [0, 0.05) is 38.1 Å². The Kier molecular flexibility index (Phi) is 13.0. The van der Waals surface area contributed by atoms with Crippen LogP contribution in [0.2, 0.25) is 0 Å². The number of carbonyl (C=O) groups is 2. The summed E-state index contributed by atoms with van der Waals surface area (Å²) < 4.78 is 11.5. The maximum Gasteiger partial charge on any atom is 0.325 e. The minimum absolute atomic E-state index is 0.00247. The largest absolute Gasteiger partial charge is 0.459 e. The number of amides is 1. The molecule has 2 saturated carbocycles. The van der Waals surface area contributed by atoms with E-state index in [2.05, 4.69) is 47.1 Å². The van der Waals surface area contributed by atoms with Crippen LogP contribution >= 0.6 is 0 Å². The van der Waals surface area contributed by atoms with Gasteiger partial charge in [0.15, 0.2) is 0 Å². The maximum atomic E-state index is 12.6. The molecule has 9 heteroatoms. The number of ether oxygens (including phenoxy) is 2. The summed E-state index contributed by atoms with van der Waals surface area (Å²) >= 11 is 0. The van der Waals surface area contributed by atoms with E-state index >= 15 is 0 Å². The lowest BCUT2D eigenvalue weighted by Gasteiger charge is -2.40. The normalized spacial score (nSPS) is 30.4. The van der Waals surface area contributed by atoms with Gasteiger partial charge in [-0.2, -0.15) is 0 Å². The molecule has 39 heavy (non-hydrogen) atoms. The lowest BCUT2D eigenvalue weighted by Crippen LogP contribution is -2.63. The van der Waals surface area contributed by atoms with Crippen LogP contribution in [0.4, 0.5) is 0 Å². The van der Waals surface area contributed by atoms with Gasteiger partial charge >= 0.3 is 5.97 Å². The molecule has 0 atom stereocenters. The second-order valence-electron chi connectivity index (χ2n) is 13.6. The summed E-state index contributed by atoms with van der Waals surface area (Å²) in [7, 11) is 2.18. The van der Waals surface area contributed by atoms with Crippen LogP contribution in [-0.2, 0) is 19.1 Å². The molecule has 0 aromatic carbocycles. The van der Waals surface area contributed by atoms with Crippen LogP contribution in [0.25, 0.3) is 0 Å². The van der Waals surface area contributed by atoms with Gasteiger partial charge in [-0.05, 0) is 96.9 Å². The van der Waals surface area contributed by atoms with Crippen LogP contribution in [0, 0.1) is 23.7 Å². The average Bonchev–Trinajstić information content (AvgIpc) is 2.87. The Bertz CT molecular complexity index is 734. The predicted octanol–water partition coefficient (Wildman–Crippen LogP) is 2.85. The van der Waals surface area contributed by atoms with Crippen LogP contribution < -0.4 is 21.3 Å². The smallest absolute Gasteiger partial charge is 0.325 e. The number of hydrogen-bond acceptors (Lipinski definition) is 8. The first kappa shape index (κ1) is 32.3. The molecule has 1 saturated heterocycles. The molecule has 2 aliphatic carbocycles. The fourth-order valence-corrected chi connectivity index (χ4v) is 6.39. The van der Waals surface area contributed by atoms with E-state index in [1.165, 1.54) is 0 Å². The van der Waals surface area contributed by atoms with Crippen molar-refractivity contribution in [2.75, 3.05) is 46.4 Å². The number of nitrogens with zero attached hydrogens (tertiary/aromatic N) is 1. The average molecular weight is 552 g/mol. The lowest BCUT2D eigenvalue weighted by atomic mass is 9.75. The minimum Gasteiger partial charge on any atom is -0.459 e. The van der Waals surface area contributed by atoms with Crippen molar-refractivity contribution in [3.8, 4) is 0 Å². The van der Waals surface area contributed by atoms with E-state index in [1.54, 1.807) is 0 Å². The molecule has 1 aliphatic heterocycles. The molecule has 0 aromatic heterocycles. The molecule has 3 rings (SSSR count). The molecule has 3 fully saturated rings. The molecule has 9 nitrogen and oxygen atoms in total. The summed E-state index contributed by atoms with van der Waals surface area (Å²) in [6, 6.07) is 0.532. The molecule has 0 aromatic rings. The van der Waals surface area contributed by atoms with Crippen molar-refractivity contribution in [3.63, 3.8) is 0 Å². The van der Waals surface area contributed by atoms with Crippen molar-refractivity contribution < 1.29 is 19.1 Å². The highest BCUT2D eigenvalue weighted by Gasteiger charge is 2.33. The second-order valence-corrected chi connectivity index (χ2v) is 13.6. The highest BCUT2D eigenvalue weighted by molar-refractivity contribution is 5.83. The zero-order valence-corrected chi connectivity index (χ0v) is 25.5. The van der Waals surface area contributed by atoms with E-state index in [9.17, 15) is 9.59 Å². The van der Waals surface area contributed by atoms with Crippen molar-refractivity contribution in [1.29, 1.82) is 0 Å². The van der Waals surface area contributed by atoms with Crippen molar-refractivity contribution in [3.05, 3.63) is 0 Å². The summed E-state index contributed by atoms with van der Waals surface area (Å²) in [5.74, 6) is 1.53. The first-order valence-corrected chi connectivity index (χ1v) is 15.5. The van der Waals surface area contributed by atoms with Crippen LogP contribution in [-0.4, -0.2) is 87.2 Å². The van der Waals surface area contributed by atoms with Crippen LogP contribution in [0.15, 0.2) is 0 Å². The van der Waals surface area contributed by atoms with Gasteiger partial charge in [-0.3, -0.25) is 25.5 Å². The Morgan fingerprint density at radius 3 is 2.18 bits per heavy atom. The summed E-state index contributed by atoms with van der Waals surface area (Å²) in [6.07, 6.45) is 9.08. The monoisotopic (exact) mass is 551 g/mol. The highest BCUT2D eigenvalue weighted by atomic mass is 16.6.